The summed E-state index contributed by atoms with van der Waals surface area (Å²) in [6.07, 6.45) is 6.68. The Morgan fingerprint density at radius 2 is 1.67 bits per heavy atom. The van der Waals surface area contributed by atoms with Crippen LogP contribution in [0.15, 0.2) is 24.3 Å². The van der Waals surface area contributed by atoms with E-state index >= 15 is 0 Å². The van der Waals surface area contributed by atoms with Crippen LogP contribution in [0.1, 0.15) is 44.9 Å². The van der Waals surface area contributed by atoms with Crippen molar-refractivity contribution in [3.05, 3.63) is 24.3 Å². The molecule has 1 spiro atoms. The zero-order valence-electron chi connectivity index (χ0n) is 15.5. The van der Waals surface area contributed by atoms with Gasteiger partial charge in [-0.2, -0.15) is 0 Å². The van der Waals surface area contributed by atoms with Crippen molar-refractivity contribution in [2.45, 2.75) is 50.5 Å². The Hall–Kier alpha value is -2.57. The molecular weight excluding hydrogens is 344 g/mol. The number of urea groups is 1. The highest BCUT2D eigenvalue weighted by atomic mass is 16.2. The molecule has 2 heterocycles. The molecule has 27 heavy (non-hydrogen) atoms. The van der Waals surface area contributed by atoms with Gasteiger partial charge in [-0.3, -0.25) is 14.5 Å². The Bertz CT molecular complexity index is 734. The van der Waals surface area contributed by atoms with Crippen molar-refractivity contribution < 1.29 is 14.4 Å². The summed E-state index contributed by atoms with van der Waals surface area (Å²) in [6, 6.07) is 7.25. The monoisotopic (exact) mass is 370 g/mol. The molecule has 0 aromatic heterocycles. The van der Waals surface area contributed by atoms with Gasteiger partial charge in [-0.25, -0.2) is 4.79 Å². The molecule has 0 radical (unpaired) electrons. The minimum atomic E-state index is -0.785. The highest BCUT2D eigenvalue weighted by Crippen LogP contribution is 2.33. The largest absolute Gasteiger partial charge is 0.372 e. The summed E-state index contributed by atoms with van der Waals surface area (Å²) >= 11 is 0. The molecule has 3 fully saturated rings. The Morgan fingerprint density at radius 3 is 2.33 bits per heavy atom. The van der Waals surface area contributed by atoms with Crippen molar-refractivity contribution in [1.29, 1.82) is 0 Å². The SMILES string of the molecule is O=C(CN1C(=O)NC2(CCCCC2)C1=O)Nc1ccc(N2CCCC2)cc1. The summed E-state index contributed by atoms with van der Waals surface area (Å²) in [7, 11) is 0. The predicted molar refractivity (Wildman–Crippen MR) is 103 cm³/mol. The zero-order valence-corrected chi connectivity index (χ0v) is 15.5. The third kappa shape index (κ3) is 3.50. The maximum Gasteiger partial charge on any atom is 0.325 e. The fourth-order valence-corrected chi connectivity index (χ4v) is 4.39. The molecule has 7 nitrogen and oxygen atoms in total. The maximum atomic E-state index is 12.7. The molecule has 1 aromatic carbocycles. The lowest BCUT2D eigenvalue weighted by molar-refractivity contribution is -0.134. The summed E-state index contributed by atoms with van der Waals surface area (Å²) in [5, 5.41) is 5.62. The minimum Gasteiger partial charge on any atom is -0.372 e. The van der Waals surface area contributed by atoms with Crippen LogP contribution < -0.4 is 15.5 Å². The quantitative estimate of drug-likeness (QED) is 0.798. The zero-order chi connectivity index (χ0) is 18.9. The lowest BCUT2D eigenvalue weighted by Crippen LogP contribution is -2.48. The van der Waals surface area contributed by atoms with Crippen LogP contribution in [0.4, 0.5) is 16.2 Å². The number of nitrogens with one attached hydrogen (secondary N) is 2. The molecule has 0 atom stereocenters. The first-order valence-corrected chi connectivity index (χ1v) is 9.86. The predicted octanol–water partition coefficient (Wildman–Crippen LogP) is 2.48. The van der Waals surface area contributed by atoms with E-state index in [2.05, 4.69) is 15.5 Å². The maximum absolute atomic E-state index is 12.7. The van der Waals surface area contributed by atoms with Crippen LogP contribution in [0.2, 0.25) is 0 Å². The molecule has 1 saturated carbocycles. The summed E-state index contributed by atoms with van der Waals surface area (Å²) < 4.78 is 0. The van der Waals surface area contributed by atoms with Crippen LogP contribution in [-0.4, -0.2) is 47.9 Å². The first kappa shape index (κ1) is 17.8. The van der Waals surface area contributed by atoms with Crippen LogP contribution in [0.3, 0.4) is 0 Å². The molecule has 144 valence electrons. The molecule has 2 saturated heterocycles. The van der Waals surface area contributed by atoms with Crippen LogP contribution in [-0.2, 0) is 9.59 Å². The van der Waals surface area contributed by atoms with Crippen molar-refractivity contribution >= 4 is 29.2 Å². The first-order valence-electron chi connectivity index (χ1n) is 9.86. The molecule has 1 aliphatic carbocycles. The average Bonchev–Trinajstić information content (AvgIpc) is 3.27. The summed E-state index contributed by atoms with van der Waals surface area (Å²) in [4.78, 5) is 40.7. The van der Waals surface area contributed by atoms with Gasteiger partial charge in [-0.1, -0.05) is 19.3 Å². The number of hydrogen-bond donors (Lipinski definition) is 2. The van der Waals surface area contributed by atoms with E-state index in [0.29, 0.717) is 18.5 Å². The lowest BCUT2D eigenvalue weighted by atomic mass is 9.82. The standard InChI is InChI=1S/C20H26N4O3/c25-17(21-15-6-8-16(9-7-15)23-12-4-5-13-23)14-24-18(26)20(22-19(24)27)10-2-1-3-11-20/h6-9H,1-5,10-14H2,(H,21,25)(H,22,27). The molecule has 4 amide bonds. The smallest absolute Gasteiger partial charge is 0.325 e. The second kappa shape index (κ2) is 7.21. The molecular formula is C20H26N4O3. The van der Waals surface area contributed by atoms with Gasteiger partial charge in [0, 0.05) is 24.5 Å². The van der Waals surface area contributed by atoms with Gasteiger partial charge < -0.3 is 15.5 Å². The van der Waals surface area contributed by atoms with Gasteiger partial charge in [0.05, 0.1) is 0 Å². The van der Waals surface area contributed by atoms with Crippen molar-refractivity contribution in [3.63, 3.8) is 0 Å². The molecule has 0 unspecified atom stereocenters. The van der Waals surface area contributed by atoms with Gasteiger partial charge in [0.1, 0.15) is 12.1 Å². The third-order valence-electron chi connectivity index (χ3n) is 5.88. The Kier molecular flexibility index (Phi) is 4.76. The van der Waals surface area contributed by atoms with Crippen molar-refractivity contribution in [3.8, 4) is 0 Å². The van der Waals surface area contributed by atoms with E-state index in [9.17, 15) is 14.4 Å². The number of nitrogens with zero attached hydrogens (tertiary/aromatic N) is 2. The van der Waals surface area contributed by atoms with E-state index < -0.39 is 11.6 Å². The van der Waals surface area contributed by atoms with Gasteiger partial charge in [0.2, 0.25) is 5.91 Å². The van der Waals surface area contributed by atoms with Gasteiger partial charge >= 0.3 is 6.03 Å². The Labute approximate surface area is 159 Å². The molecule has 0 bridgehead atoms. The van der Waals surface area contributed by atoms with Crippen LogP contribution in [0.25, 0.3) is 0 Å². The van der Waals surface area contributed by atoms with Crippen LogP contribution in [0.5, 0.6) is 0 Å². The van der Waals surface area contributed by atoms with E-state index in [-0.39, 0.29) is 18.4 Å². The van der Waals surface area contributed by atoms with Gasteiger partial charge in [0.15, 0.2) is 0 Å². The topological polar surface area (TPSA) is 81.8 Å². The van der Waals surface area contributed by atoms with Gasteiger partial charge in [-0.05, 0) is 49.9 Å². The van der Waals surface area contributed by atoms with Crippen molar-refractivity contribution in [2.75, 3.05) is 29.9 Å². The first-order chi connectivity index (χ1) is 13.1. The number of carbonyl (C=O) groups excluding carboxylic acids is 3. The van der Waals surface area contributed by atoms with E-state index in [1.165, 1.54) is 12.8 Å². The Balaban J connectivity index is 1.36. The summed E-state index contributed by atoms with van der Waals surface area (Å²) in [5.41, 5.74) is 1.04. The number of amides is 4. The molecule has 2 N–H and O–H groups in total. The van der Waals surface area contributed by atoms with Crippen LogP contribution >= 0.6 is 0 Å². The second-order valence-corrected chi connectivity index (χ2v) is 7.75. The number of imide groups is 1. The molecule has 2 aliphatic heterocycles. The summed E-state index contributed by atoms with van der Waals surface area (Å²) in [6.45, 7) is 1.89. The number of hydrogen-bond acceptors (Lipinski definition) is 4. The number of benzene rings is 1. The van der Waals surface area contributed by atoms with Crippen molar-refractivity contribution in [1.82, 2.24) is 10.2 Å². The second-order valence-electron chi connectivity index (χ2n) is 7.75. The van der Waals surface area contributed by atoms with Gasteiger partial charge in [0.25, 0.3) is 5.91 Å². The summed E-state index contributed by atoms with van der Waals surface area (Å²) in [5.74, 6) is -0.619. The van der Waals surface area contributed by atoms with Crippen molar-refractivity contribution in [2.24, 2.45) is 0 Å². The fraction of sp³-hybridized carbons (Fsp3) is 0.550. The molecule has 3 aliphatic rings. The average molecular weight is 370 g/mol. The van der Waals surface area contributed by atoms with Crippen LogP contribution in [0, 0.1) is 0 Å². The van der Waals surface area contributed by atoms with E-state index in [1.54, 1.807) is 0 Å². The third-order valence-corrected chi connectivity index (χ3v) is 5.88. The van der Waals surface area contributed by atoms with E-state index in [1.807, 2.05) is 24.3 Å². The highest BCUT2D eigenvalue weighted by molar-refractivity contribution is 6.10. The molecule has 4 rings (SSSR count). The number of anilines is 2. The Morgan fingerprint density at radius 1 is 1.00 bits per heavy atom. The van der Waals surface area contributed by atoms with E-state index in [0.717, 1.165) is 42.9 Å². The van der Waals surface area contributed by atoms with Gasteiger partial charge in [-0.15, -0.1) is 0 Å². The normalized spacial score (nSPS) is 21.6. The fourth-order valence-electron chi connectivity index (χ4n) is 4.39. The number of carbonyl (C=O) groups is 3. The lowest BCUT2D eigenvalue weighted by Gasteiger charge is -2.30. The van der Waals surface area contributed by atoms with E-state index in [4.69, 9.17) is 0 Å². The number of rotatable bonds is 4. The molecule has 1 aromatic rings. The highest BCUT2D eigenvalue weighted by Gasteiger charge is 2.51. The minimum absolute atomic E-state index is 0.250. The molecule has 7 heteroatoms.